The number of nitrogens with one attached hydrogen (secondary N) is 1. The summed E-state index contributed by atoms with van der Waals surface area (Å²) in [6.45, 7) is 1.93. The van der Waals surface area contributed by atoms with Gasteiger partial charge in [0, 0.05) is 17.7 Å². The topological polar surface area (TPSA) is 65.7 Å². The van der Waals surface area contributed by atoms with Crippen LogP contribution in [0.15, 0.2) is 12.1 Å². The van der Waals surface area contributed by atoms with Crippen molar-refractivity contribution in [2.24, 2.45) is 5.84 Å². The molecule has 5 nitrogen and oxygen atoms in total. The van der Waals surface area contributed by atoms with Crippen molar-refractivity contribution in [2.75, 3.05) is 21.3 Å². The Labute approximate surface area is 95.5 Å². The lowest BCUT2D eigenvalue weighted by molar-refractivity contribution is 0.345. The van der Waals surface area contributed by atoms with E-state index in [9.17, 15) is 0 Å². The first-order valence-electron chi connectivity index (χ1n) is 4.94. The predicted octanol–water partition coefficient (Wildman–Crippen LogP) is 1.24. The number of rotatable bonds is 5. The summed E-state index contributed by atoms with van der Waals surface area (Å²) < 4.78 is 15.7. The third-order valence-electron chi connectivity index (χ3n) is 2.45. The smallest absolute Gasteiger partial charge is 0.164 e. The summed E-state index contributed by atoms with van der Waals surface area (Å²) >= 11 is 0. The zero-order valence-corrected chi connectivity index (χ0v) is 10.0. The van der Waals surface area contributed by atoms with Gasteiger partial charge in [-0.2, -0.15) is 0 Å². The van der Waals surface area contributed by atoms with Gasteiger partial charge in [0.2, 0.25) is 0 Å². The first-order valence-corrected chi connectivity index (χ1v) is 4.94. The molecule has 1 unspecified atom stereocenters. The molecule has 0 aliphatic heterocycles. The molecule has 0 saturated carbocycles. The van der Waals surface area contributed by atoms with Gasteiger partial charge in [-0.15, -0.1) is 0 Å². The molecule has 16 heavy (non-hydrogen) atoms. The summed E-state index contributed by atoms with van der Waals surface area (Å²) in [4.78, 5) is 0. The minimum Gasteiger partial charge on any atom is -0.496 e. The fraction of sp³-hybridized carbons (Fsp3) is 0.455. The number of hydrogen-bond acceptors (Lipinski definition) is 5. The van der Waals surface area contributed by atoms with Gasteiger partial charge >= 0.3 is 0 Å². The van der Waals surface area contributed by atoms with Crippen LogP contribution in [-0.4, -0.2) is 21.3 Å². The molecular weight excluding hydrogens is 208 g/mol. The average Bonchev–Trinajstić information content (AvgIpc) is 2.35. The Morgan fingerprint density at radius 2 is 1.50 bits per heavy atom. The number of nitrogens with two attached hydrogens (primary N) is 1. The first kappa shape index (κ1) is 12.6. The summed E-state index contributed by atoms with van der Waals surface area (Å²) in [5.74, 6) is 7.41. The van der Waals surface area contributed by atoms with Crippen molar-refractivity contribution in [2.45, 2.75) is 13.0 Å². The maximum Gasteiger partial charge on any atom is 0.164 e. The monoisotopic (exact) mass is 226 g/mol. The second-order valence-electron chi connectivity index (χ2n) is 3.34. The van der Waals surface area contributed by atoms with Crippen LogP contribution >= 0.6 is 0 Å². The molecule has 0 aromatic heterocycles. The Balaban J connectivity index is 3.25. The number of ether oxygens (including phenoxy) is 3. The highest BCUT2D eigenvalue weighted by Crippen LogP contribution is 2.37. The van der Waals surface area contributed by atoms with Crippen LogP contribution in [0.2, 0.25) is 0 Å². The van der Waals surface area contributed by atoms with E-state index < -0.39 is 0 Å². The van der Waals surface area contributed by atoms with E-state index in [1.807, 2.05) is 13.0 Å². The molecule has 0 aliphatic rings. The van der Waals surface area contributed by atoms with Crippen molar-refractivity contribution in [3.8, 4) is 17.2 Å². The van der Waals surface area contributed by atoms with Crippen LogP contribution in [0.1, 0.15) is 18.5 Å². The van der Waals surface area contributed by atoms with Gasteiger partial charge in [0.05, 0.1) is 21.3 Å². The summed E-state index contributed by atoms with van der Waals surface area (Å²) in [6.07, 6.45) is 0. The van der Waals surface area contributed by atoms with Crippen LogP contribution in [-0.2, 0) is 0 Å². The van der Waals surface area contributed by atoms with Gasteiger partial charge in [-0.25, -0.2) is 0 Å². The standard InChI is InChI=1S/C11H18N2O3/c1-7(13-12)8-5-10(15-3)11(16-4)6-9(8)14-2/h5-7,13H,12H2,1-4H3. The van der Waals surface area contributed by atoms with Gasteiger partial charge in [-0.1, -0.05) is 0 Å². The molecular formula is C11H18N2O3. The van der Waals surface area contributed by atoms with Crippen LogP contribution in [0.4, 0.5) is 0 Å². The van der Waals surface area contributed by atoms with Crippen LogP contribution in [0.3, 0.4) is 0 Å². The van der Waals surface area contributed by atoms with Gasteiger partial charge in [-0.3, -0.25) is 11.3 Å². The molecule has 3 N–H and O–H groups in total. The number of methoxy groups -OCH3 is 3. The molecule has 0 spiro atoms. The number of hydrazine groups is 1. The lowest BCUT2D eigenvalue weighted by Crippen LogP contribution is -2.26. The Kier molecular flexibility index (Phi) is 4.39. The molecule has 0 saturated heterocycles. The van der Waals surface area contributed by atoms with E-state index in [-0.39, 0.29) is 6.04 Å². The number of benzene rings is 1. The largest absolute Gasteiger partial charge is 0.496 e. The Hall–Kier alpha value is -1.46. The highest BCUT2D eigenvalue weighted by molar-refractivity contribution is 5.51. The third kappa shape index (κ3) is 2.37. The summed E-state index contributed by atoms with van der Waals surface area (Å²) in [5.41, 5.74) is 3.59. The second-order valence-corrected chi connectivity index (χ2v) is 3.34. The van der Waals surface area contributed by atoms with Gasteiger partial charge < -0.3 is 14.2 Å². The SMILES string of the molecule is COc1cc(OC)c(C(C)NN)cc1OC. The van der Waals surface area contributed by atoms with Crippen LogP contribution in [0.25, 0.3) is 0 Å². The van der Waals surface area contributed by atoms with Crippen molar-refractivity contribution >= 4 is 0 Å². The van der Waals surface area contributed by atoms with E-state index in [0.29, 0.717) is 17.2 Å². The van der Waals surface area contributed by atoms with E-state index in [2.05, 4.69) is 5.43 Å². The maximum absolute atomic E-state index is 5.41. The fourth-order valence-electron chi connectivity index (χ4n) is 1.48. The molecule has 0 amide bonds. The molecule has 5 heteroatoms. The number of hydrogen-bond donors (Lipinski definition) is 2. The van der Waals surface area contributed by atoms with Gasteiger partial charge in [0.25, 0.3) is 0 Å². The molecule has 0 fully saturated rings. The van der Waals surface area contributed by atoms with Crippen LogP contribution in [0.5, 0.6) is 17.2 Å². The minimum atomic E-state index is -0.0326. The van der Waals surface area contributed by atoms with Gasteiger partial charge in [-0.05, 0) is 13.0 Å². The molecule has 0 radical (unpaired) electrons. The second kappa shape index (κ2) is 5.58. The van der Waals surface area contributed by atoms with E-state index in [1.54, 1.807) is 27.4 Å². The quantitative estimate of drug-likeness (QED) is 0.584. The van der Waals surface area contributed by atoms with Crippen molar-refractivity contribution in [3.05, 3.63) is 17.7 Å². The predicted molar refractivity (Wildman–Crippen MR) is 61.8 cm³/mol. The normalized spacial score (nSPS) is 12.1. The van der Waals surface area contributed by atoms with E-state index in [4.69, 9.17) is 20.1 Å². The molecule has 0 aliphatic carbocycles. The Morgan fingerprint density at radius 1 is 1.00 bits per heavy atom. The molecule has 0 heterocycles. The molecule has 1 atom stereocenters. The van der Waals surface area contributed by atoms with Crippen LogP contribution < -0.4 is 25.5 Å². The van der Waals surface area contributed by atoms with E-state index in [1.165, 1.54) is 0 Å². The third-order valence-corrected chi connectivity index (χ3v) is 2.45. The zero-order chi connectivity index (χ0) is 12.1. The Bertz CT molecular complexity index is 355. The summed E-state index contributed by atoms with van der Waals surface area (Å²) in [5, 5.41) is 0. The molecule has 0 bridgehead atoms. The lowest BCUT2D eigenvalue weighted by Gasteiger charge is -2.17. The minimum absolute atomic E-state index is 0.0326. The molecule has 1 rings (SSSR count). The highest BCUT2D eigenvalue weighted by atomic mass is 16.5. The summed E-state index contributed by atoms with van der Waals surface area (Å²) in [6, 6.07) is 3.60. The van der Waals surface area contributed by atoms with Gasteiger partial charge in [0.15, 0.2) is 11.5 Å². The van der Waals surface area contributed by atoms with Crippen molar-refractivity contribution in [1.82, 2.24) is 5.43 Å². The molecule has 1 aromatic carbocycles. The molecule has 90 valence electrons. The Morgan fingerprint density at radius 3 is 1.94 bits per heavy atom. The van der Waals surface area contributed by atoms with Crippen molar-refractivity contribution in [1.29, 1.82) is 0 Å². The molecule has 1 aromatic rings. The maximum atomic E-state index is 5.41. The van der Waals surface area contributed by atoms with Gasteiger partial charge in [0.1, 0.15) is 5.75 Å². The average molecular weight is 226 g/mol. The first-order chi connectivity index (χ1) is 7.67. The van der Waals surface area contributed by atoms with E-state index >= 15 is 0 Å². The fourth-order valence-corrected chi connectivity index (χ4v) is 1.48. The lowest BCUT2D eigenvalue weighted by atomic mass is 10.1. The summed E-state index contributed by atoms with van der Waals surface area (Å²) in [7, 11) is 4.78. The van der Waals surface area contributed by atoms with Crippen molar-refractivity contribution in [3.63, 3.8) is 0 Å². The highest BCUT2D eigenvalue weighted by Gasteiger charge is 2.15. The van der Waals surface area contributed by atoms with Crippen LogP contribution in [0, 0.1) is 0 Å². The van der Waals surface area contributed by atoms with E-state index in [0.717, 1.165) is 5.56 Å². The zero-order valence-electron chi connectivity index (χ0n) is 10.0. The van der Waals surface area contributed by atoms with Crippen molar-refractivity contribution < 1.29 is 14.2 Å².